The molecule has 1 N–H and O–H groups in total. The Kier molecular flexibility index (Phi) is 4.08. The third-order valence-electron chi connectivity index (χ3n) is 2.95. The van der Waals surface area contributed by atoms with E-state index in [4.69, 9.17) is 0 Å². The van der Waals surface area contributed by atoms with E-state index in [2.05, 4.69) is 5.32 Å². The number of hydrogen-bond donors (Lipinski definition) is 1. The number of aryl methyl sites for hydroxylation is 1. The fraction of sp³-hybridized carbons (Fsp3) is 0.133. The van der Waals surface area contributed by atoms with Crippen LogP contribution < -0.4 is 5.32 Å². The Hall–Kier alpha value is -2.30. The summed E-state index contributed by atoms with van der Waals surface area (Å²) in [6.45, 7) is 2.12. The highest BCUT2D eigenvalue weighted by atomic mass is 19.2. The van der Waals surface area contributed by atoms with E-state index >= 15 is 0 Å². The van der Waals surface area contributed by atoms with Gasteiger partial charge in [-0.15, -0.1) is 0 Å². The third-order valence-corrected chi connectivity index (χ3v) is 2.95. The lowest BCUT2D eigenvalue weighted by Crippen LogP contribution is -2.23. The quantitative estimate of drug-likeness (QED) is 0.858. The van der Waals surface area contributed by atoms with Gasteiger partial charge in [0.1, 0.15) is 0 Å². The fourth-order valence-corrected chi connectivity index (χ4v) is 1.77. The van der Waals surface area contributed by atoms with Crippen LogP contribution in [0.4, 0.5) is 13.2 Å². The van der Waals surface area contributed by atoms with Crippen LogP contribution in [0.1, 0.15) is 21.5 Å². The molecule has 0 heterocycles. The second kappa shape index (κ2) is 5.77. The van der Waals surface area contributed by atoms with E-state index in [9.17, 15) is 18.0 Å². The molecule has 0 fully saturated rings. The fourth-order valence-electron chi connectivity index (χ4n) is 1.77. The van der Waals surface area contributed by atoms with Crippen molar-refractivity contribution in [2.45, 2.75) is 13.5 Å². The zero-order valence-corrected chi connectivity index (χ0v) is 10.7. The normalized spacial score (nSPS) is 10.4. The van der Waals surface area contributed by atoms with Crippen LogP contribution in [-0.4, -0.2) is 5.91 Å². The number of rotatable bonds is 3. The van der Waals surface area contributed by atoms with Gasteiger partial charge in [0.05, 0.1) is 0 Å². The Morgan fingerprint density at radius 1 is 1.10 bits per heavy atom. The highest BCUT2D eigenvalue weighted by Crippen LogP contribution is 2.14. The van der Waals surface area contributed by atoms with Crippen LogP contribution in [-0.2, 0) is 6.54 Å². The molecule has 2 aromatic carbocycles. The molecule has 2 aromatic rings. The smallest absolute Gasteiger partial charge is 0.251 e. The second-order valence-corrected chi connectivity index (χ2v) is 4.36. The van der Waals surface area contributed by atoms with Crippen LogP contribution >= 0.6 is 0 Å². The van der Waals surface area contributed by atoms with Gasteiger partial charge in [0.25, 0.3) is 5.91 Å². The number of nitrogens with one attached hydrogen (secondary N) is 1. The van der Waals surface area contributed by atoms with Crippen LogP contribution in [0.15, 0.2) is 36.4 Å². The van der Waals surface area contributed by atoms with Gasteiger partial charge in [-0.3, -0.25) is 4.79 Å². The van der Waals surface area contributed by atoms with Crippen molar-refractivity contribution in [2.24, 2.45) is 0 Å². The van der Waals surface area contributed by atoms with Gasteiger partial charge >= 0.3 is 0 Å². The largest absolute Gasteiger partial charge is 0.348 e. The molecule has 0 spiro atoms. The molecule has 20 heavy (non-hydrogen) atoms. The molecule has 0 unspecified atom stereocenters. The molecule has 104 valence electrons. The predicted molar refractivity (Wildman–Crippen MR) is 68.7 cm³/mol. The molecule has 0 bridgehead atoms. The summed E-state index contributed by atoms with van der Waals surface area (Å²) in [5.41, 5.74) is 1.63. The molecule has 0 aliphatic carbocycles. The molecule has 0 aliphatic heterocycles. The van der Waals surface area contributed by atoms with Gasteiger partial charge in [0, 0.05) is 12.1 Å². The van der Waals surface area contributed by atoms with Gasteiger partial charge in [-0.05, 0) is 30.2 Å². The van der Waals surface area contributed by atoms with Crippen LogP contribution in [0.2, 0.25) is 0 Å². The molecule has 2 rings (SSSR count). The van der Waals surface area contributed by atoms with E-state index in [0.29, 0.717) is 12.1 Å². The minimum Gasteiger partial charge on any atom is -0.348 e. The number of carbonyl (C=O) groups excluding carboxylic acids is 1. The van der Waals surface area contributed by atoms with Gasteiger partial charge in [-0.25, -0.2) is 13.2 Å². The van der Waals surface area contributed by atoms with Crippen LogP contribution in [0, 0.1) is 24.4 Å². The zero-order valence-electron chi connectivity index (χ0n) is 10.7. The van der Waals surface area contributed by atoms with Gasteiger partial charge in [-0.1, -0.05) is 24.3 Å². The Labute approximate surface area is 114 Å². The van der Waals surface area contributed by atoms with Gasteiger partial charge in [0.15, 0.2) is 17.5 Å². The molecular formula is C15H12F3NO. The number of benzene rings is 2. The molecule has 0 aromatic heterocycles. The number of hydrogen-bond acceptors (Lipinski definition) is 1. The van der Waals surface area contributed by atoms with Crippen molar-refractivity contribution in [1.82, 2.24) is 5.32 Å². The molecule has 0 radical (unpaired) electrons. The first kappa shape index (κ1) is 14.1. The van der Waals surface area contributed by atoms with Crippen molar-refractivity contribution in [2.75, 3.05) is 0 Å². The summed E-state index contributed by atoms with van der Waals surface area (Å²) < 4.78 is 38.9. The SMILES string of the molecule is Cc1ccccc1CNC(=O)c1cc(F)c(F)c(F)c1. The molecule has 5 heteroatoms. The monoisotopic (exact) mass is 279 g/mol. The summed E-state index contributed by atoms with van der Waals surface area (Å²) in [6, 6.07) is 8.76. The van der Waals surface area contributed by atoms with Crippen LogP contribution in [0.3, 0.4) is 0 Å². The van der Waals surface area contributed by atoms with E-state index in [1.165, 1.54) is 0 Å². The molecule has 0 saturated carbocycles. The summed E-state index contributed by atoms with van der Waals surface area (Å²) >= 11 is 0. The van der Waals surface area contributed by atoms with E-state index in [1.54, 1.807) is 0 Å². The first-order chi connectivity index (χ1) is 9.49. The Bertz CT molecular complexity index is 632. The maximum absolute atomic E-state index is 13.0. The summed E-state index contributed by atoms with van der Waals surface area (Å²) in [6.07, 6.45) is 0. The number of halogens is 3. The van der Waals surface area contributed by atoms with Crippen LogP contribution in [0.5, 0.6) is 0 Å². The Balaban J connectivity index is 2.11. The molecule has 2 nitrogen and oxygen atoms in total. The number of carbonyl (C=O) groups is 1. The average Bonchev–Trinajstić information content (AvgIpc) is 2.43. The Morgan fingerprint density at radius 2 is 1.70 bits per heavy atom. The minimum atomic E-state index is -1.58. The molecule has 1 amide bonds. The summed E-state index contributed by atoms with van der Waals surface area (Å²) in [4.78, 5) is 11.8. The van der Waals surface area contributed by atoms with Crippen molar-refractivity contribution < 1.29 is 18.0 Å². The minimum absolute atomic E-state index is 0.228. The van der Waals surface area contributed by atoms with Crippen LogP contribution in [0.25, 0.3) is 0 Å². The summed E-state index contributed by atoms with van der Waals surface area (Å²) in [5, 5.41) is 2.54. The molecule has 0 aliphatic rings. The highest BCUT2D eigenvalue weighted by Gasteiger charge is 2.14. The maximum Gasteiger partial charge on any atom is 0.251 e. The lowest BCUT2D eigenvalue weighted by molar-refractivity contribution is 0.0949. The van der Waals surface area contributed by atoms with E-state index in [-0.39, 0.29) is 12.1 Å². The van der Waals surface area contributed by atoms with Crippen molar-refractivity contribution in [1.29, 1.82) is 0 Å². The third kappa shape index (κ3) is 2.99. The van der Waals surface area contributed by atoms with E-state index < -0.39 is 23.4 Å². The van der Waals surface area contributed by atoms with Gasteiger partial charge < -0.3 is 5.32 Å². The topological polar surface area (TPSA) is 29.1 Å². The van der Waals surface area contributed by atoms with Crippen molar-refractivity contribution >= 4 is 5.91 Å². The maximum atomic E-state index is 13.0. The van der Waals surface area contributed by atoms with Gasteiger partial charge in [0.2, 0.25) is 0 Å². The van der Waals surface area contributed by atoms with Crippen molar-refractivity contribution in [3.63, 3.8) is 0 Å². The predicted octanol–water partition coefficient (Wildman–Crippen LogP) is 3.34. The lowest BCUT2D eigenvalue weighted by atomic mass is 10.1. The summed E-state index contributed by atoms with van der Waals surface area (Å²) in [7, 11) is 0. The highest BCUT2D eigenvalue weighted by molar-refractivity contribution is 5.94. The summed E-state index contributed by atoms with van der Waals surface area (Å²) in [5.74, 6) is -5.01. The first-order valence-electron chi connectivity index (χ1n) is 5.96. The Morgan fingerprint density at radius 3 is 2.30 bits per heavy atom. The second-order valence-electron chi connectivity index (χ2n) is 4.36. The standard InChI is InChI=1S/C15H12F3NO/c1-9-4-2-3-5-10(9)8-19-15(20)11-6-12(16)14(18)13(17)7-11/h2-7H,8H2,1H3,(H,19,20). The number of amides is 1. The zero-order chi connectivity index (χ0) is 14.7. The molecule has 0 atom stereocenters. The first-order valence-corrected chi connectivity index (χ1v) is 5.96. The lowest BCUT2D eigenvalue weighted by Gasteiger charge is -2.08. The average molecular weight is 279 g/mol. The van der Waals surface area contributed by atoms with Crippen molar-refractivity contribution in [3.05, 3.63) is 70.5 Å². The van der Waals surface area contributed by atoms with Gasteiger partial charge in [-0.2, -0.15) is 0 Å². The molecule has 0 saturated heterocycles. The van der Waals surface area contributed by atoms with E-state index in [0.717, 1.165) is 11.1 Å². The van der Waals surface area contributed by atoms with E-state index in [1.807, 2.05) is 31.2 Å². The molecular weight excluding hydrogens is 267 g/mol. The van der Waals surface area contributed by atoms with Crippen molar-refractivity contribution in [3.8, 4) is 0 Å².